The van der Waals surface area contributed by atoms with E-state index in [1.54, 1.807) is 0 Å². The van der Waals surface area contributed by atoms with Crippen LogP contribution in [0.5, 0.6) is 0 Å². The number of aliphatic carboxylic acids is 1. The van der Waals surface area contributed by atoms with Gasteiger partial charge < -0.3 is 15.3 Å². The van der Waals surface area contributed by atoms with Crippen LogP contribution in [0.15, 0.2) is 30.3 Å². The molecule has 138 valence electrons. The average molecular weight is 365 g/mol. The summed E-state index contributed by atoms with van der Waals surface area (Å²) in [6, 6.07) is 9.64. The maximum absolute atomic E-state index is 12.7. The molecule has 2 unspecified atom stereocenters. The van der Waals surface area contributed by atoms with E-state index < -0.39 is 5.97 Å². The number of hydrogen-bond donors (Lipinski definition) is 2. The van der Waals surface area contributed by atoms with Crippen molar-refractivity contribution in [2.24, 2.45) is 5.92 Å². The van der Waals surface area contributed by atoms with E-state index in [0.717, 1.165) is 24.4 Å². The van der Waals surface area contributed by atoms with Crippen LogP contribution < -0.4 is 5.32 Å². The SMILES string of the molecule is CC(C)C1CN(C(=O)NC(CCC(=O)O)Cc2ccccc2)CCS1. The van der Waals surface area contributed by atoms with E-state index in [9.17, 15) is 9.59 Å². The number of nitrogens with zero attached hydrogens (tertiary/aromatic N) is 1. The van der Waals surface area contributed by atoms with Gasteiger partial charge in [0, 0.05) is 36.6 Å². The molecule has 1 heterocycles. The van der Waals surface area contributed by atoms with Gasteiger partial charge in [-0.1, -0.05) is 44.2 Å². The largest absolute Gasteiger partial charge is 0.481 e. The molecule has 6 heteroatoms. The van der Waals surface area contributed by atoms with Crippen LogP contribution in [-0.4, -0.2) is 52.1 Å². The minimum absolute atomic E-state index is 0.0578. The molecule has 25 heavy (non-hydrogen) atoms. The molecule has 0 spiro atoms. The van der Waals surface area contributed by atoms with E-state index in [-0.39, 0.29) is 18.5 Å². The first-order valence-corrected chi connectivity index (χ1v) is 9.93. The summed E-state index contributed by atoms with van der Waals surface area (Å²) in [4.78, 5) is 25.5. The van der Waals surface area contributed by atoms with Gasteiger partial charge in [0.25, 0.3) is 0 Å². The third-order valence-electron chi connectivity index (χ3n) is 4.48. The lowest BCUT2D eigenvalue weighted by Crippen LogP contribution is -2.51. The summed E-state index contributed by atoms with van der Waals surface area (Å²) in [5.74, 6) is 0.656. The number of hydrogen-bond acceptors (Lipinski definition) is 3. The second-order valence-corrected chi connectivity index (χ2v) is 8.21. The smallest absolute Gasteiger partial charge is 0.317 e. The normalized spacial score (nSPS) is 18.8. The van der Waals surface area contributed by atoms with Crippen LogP contribution in [0, 0.1) is 5.92 Å². The zero-order valence-corrected chi connectivity index (χ0v) is 15.8. The molecule has 0 aliphatic carbocycles. The molecule has 0 bridgehead atoms. The predicted molar refractivity (Wildman–Crippen MR) is 102 cm³/mol. The van der Waals surface area contributed by atoms with Gasteiger partial charge in [0.15, 0.2) is 0 Å². The lowest BCUT2D eigenvalue weighted by Gasteiger charge is -2.35. The van der Waals surface area contributed by atoms with Crippen LogP contribution in [0.1, 0.15) is 32.3 Å². The predicted octanol–water partition coefficient (Wildman–Crippen LogP) is 3.25. The number of carboxylic acid groups (broad SMARTS) is 1. The Labute approximate surface area is 154 Å². The van der Waals surface area contributed by atoms with Gasteiger partial charge in [0.1, 0.15) is 0 Å². The minimum atomic E-state index is -0.832. The maximum atomic E-state index is 12.7. The van der Waals surface area contributed by atoms with Gasteiger partial charge in [-0.15, -0.1) is 0 Å². The maximum Gasteiger partial charge on any atom is 0.317 e. The van der Waals surface area contributed by atoms with Crippen LogP contribution in [0.25, 0.3) is 0 Å². The number of rotatable bonds is 7. The first-order valence-electron chi connectivity index (χ1n) is 8.88. The van der Waals surface area contributed by atoms with Gasteiger partial charge in [-0.25, -0.2) is 4.79 Å². The first-order chi connectivity index (χ1) is 12.0. The fraction of sp³-hybridized carbons (Fsp3) is 0.579. The van der Waals surface area contributed by atoms with Crippen molar-refractivity contribution < 1.29 is 14.7 Å². The third-order valence-corrected chi connectivity index (χ3v) is 6.02. The summed E-state index contributed by atoms with van der Waals surface area (Å²) in [7, 11) is 0. The van der Waals surface area contributed by atoms with Gasteiger partial charge in [0.05, 0.1) is 0 Å². The van der Waals surface area contributed by atoms with Gasteiger partial charge in [-0.2, -0.15) is 11.8 Å². The second-order valence-electron chi connectivity index (χ2n) is 6.87. The fourth-order valence-electron chi connectivity index (χ4n) is 2.95. The highest BCUT2D eigenvalue weighted by atomic mass is 32.2. The number of benzene rings is 1. The van der Waals surface area contributed by atoms with Crippen LogP contribution in [0.4, 0.5) is 4.79 Å². The highest BCUT2D eigenvalue weighted by Gasteiger charge is 2.27. The molecule has 1 aromatic rings. The molecule has 2 atom stereocenters. The highest BCUT2D eigenvalue weighted by molar-refractivity contribution is 8.00. The van der Waals surface area contributed by atoms with E-state index in [0.29, 0.717) is 24.0 Å². The number of urea groups is 1. The minimum Gasteiger partial charge on any atom is -0.481 e. The zero-order valence-electron chi connectivity index (χ0n) is 15.0. The Hall–Kier alpha value is -1.69. The van der Waals surface area contributed by atoms with Crippen molar-refractivity contribution >= 4 is 23.8 Å². The molecule has 0 saturated carbocycles. The molecule has 1 fully saturated rings. The molecular formula is C19H28N2O3S. The second kappa shape index (κ2) is 9.70. The number of carbonyl (C=O) groups is 2. The number of nitrogens with one attached hydrogen (secondary N) is 1. The molecule has 2 amide bonds. The molecule has 0 radical (unpaired) electrons. The van der Waals surface area contributed by atoms with E-state index in [1.807, 2.05) is 47.0 Å². The molecule has 5 nitrogen and oxygen atoms in total. The quantitative estimate of drug-likeness (QED) is 0.779. The molecular weight excluding hydrogens is 336 g/mol. The molecule has 2 rings (SSSR count). The molecule has 0 aromatic heterocycles. The Bertz CT molecular complexity index is 565. The van der Waals surface area contributed by atoms with Gasteiger partial charge in [-0.05, 0) is 24.3 Å². The van der Waals surface area contributed by atoms with Gasteiger partial charge >= 0.3 is 12.0 Å². The Kier molecular flexibility index (Phi) is 7.62. The number of thioether (sulfide) groups is 1. The molecule has 1 aliphatic rings. The lowest BCUT2D eigenvalue weighted by atomic mass is 10.0. The lowest BCUT2D eigenvalue weighted by molar-refractivity contribution is -0.137. The summed E-state index contributed by atoms with van der Waals surface area (Å²) in [5, 5.41) is 12.5. The number of carbonyl (C=O) groups excluding carboxylic acids is 1. The summed E-state index contributed by atoms with van der Waals surface area (Å²) in [6.45, 7) is 5.87. The van der Waals surface area contributed by atoms with Crippen molar-refractivity contribution in [2.45, 2.75) is 44.4 Å². The van der Waals surface area contributed by atoms with Crippen LogP contribution in [0.3, 0.4) is 0 Å². The van der Waals surface area contributed by atoms with Crippen LogP contribution in [-0.2, 0) is 11.2 Å². The third kappa shape index (κ3) is 6.61. The van der Waals surface area contributed by atoms with E-state index in [4.69, 9.17) is 5.11 Å². The average Bonchev–Trinajstić information content (AvgIpc) is 2.60. The Morgan fingerprint density at radius 3 is 2.68 bits per heavy atom. The molecule has 1 aromatic carbocycles. The van der Waals surface area contributed by atoms with Crippen LogP contribution >= 0.6 is 11.8 Å². The van der Waals surface area contributed by atoms with Crippen molar-refractivity contribution in [1.29, 1.82) is 0 Å². The van der Waals surface area contributed by atoms with Crippen molar-refractivity contribution in [1.82, 2.24) is 10.2 Å². The van der Waals surface area contributed by atoms with Crippen molar-refractivity contribution in [2.75, 3.05) is 18.8 Å². The summed E-state index contributed by atoms with van der Waals surface area (Å²) in [6.07, 6.45) is 1.14. The Morgan fingerprint density at radius 2 is 2.04 bits per heavy atom. The topological polar surface area (TPSA) is 69.6 Å². The Morgan fingerprint density at radius 1 is 1.32 bits per heavy atom. The highest BCUT2D eigenvalue weighted by Crippen LogP contribution is 2.25. The van der Waals surface area contributed by atoms with E-state index >= 15 is 0 Å². The Balaban J connectivity index is 1.96. The van der Waals surface area contributed by atoms with Gasteiger partial charge in [0.2, 0.25) is 0 Å². The standard InChI is InChI=1S/C19H28N2O3S/c1-14(2)17-13-21(10-11-25-17)19(24)20-16(8-9-18(22)23)12-15-6-4-3-5-7-15/h3-7,14,16-17H,8-13H2,1-2H3,(H,20,24)(H,22,23). The van der Waals surface area contributed by atoms with Crippen molar-refractivity contribution in [3.63, 3.8) is 0 Å². The van der Waals surface area contributed by atoms with E-state index in [1.165, 1.54) is 0 Å². The number of carboxylic acids is 1. The molecule has 2 N–H and O–H groups in total. The number of amides is 2. The summed E-state index contributed by atoms with van der Waals surface area (Å²) < 4.78 is 0. The fourth-order valence-corrected chi connectivity index (χ4v) is 4.25. The van der Waals surface area contributed by atoms with E-state index in [2.05, 4.69) is 19.2 Å². The van der Waals surface area contributed by atoms with Crippen molar-refractivity contribution in [3.8, 4) is 0 Å². The monoisotopic (exact) mass is 364 g/mol. The van der Waals surface area contributed by atoms with Crippen molar-refractivity contribution in [3.05, 3.63) is 35.9 Å². The molecule has 1 saturated heterocycles. The zero-order chi connectivity index (χ0) is 18.2. The summed E-state index contributed by atoms with van der Waals surface area (Å²) >= 11 is 1.93. The first kappa shape index (κ1) is 19.6. The van der Waals surface area contributed by atoms with Crippen LogP contribution in [0.2, 0.25) is 0 Å². The summed E-state index contributed by atoms with van der Waals surface area (Å²) in [5.41, 5.74) is 1.10. The van der Waals surface area contributed by atoms with Gasteiger partial charge in [-0.3, -0.25) is 4.79 Å². The molecule has 1 aliphatic heterocycles.